The van der Waals surface area contributed by atoms with E-state index in [-0.39, 0.29) is 24.1 Å². The normalized spacial score (nSPS) is 14.0. The van der Waals surface area contributed by atoms with Crippen molar-refractivity contribution >= 4 is 17.6 Å². The number of hydrogen-bond acceptors (Lipinski definition) is 4. The Morgan fingerprint density at radius 2 is 1.56 bits per heavy atom. The predicted molar refractivity (Wildman–Crippen MR) is 138 cm³/mol. The minimum atomic E-state index is -0.400. The third kappa shape index (κ3) is 8.63. The van der Waals surface area contributed by atoms with Crippen LogP contribution >= 0.6 is 0 Å². The van der Waals surface area contributed by atoms with Crippen molar-refractivity contribution in [1.82, 2.24) is 10.2 Å². The summed E-state index contributed by atoms with van der Waals surface area (Å²) in [4.78, 5) is 27.7. The first-order valence-corrected chi connectivity index (χ1v) is 12.0. The first kappa shape index (κ1) is 28.8. The zero-order valence-electron chi connectivity index (χ0n) is 20.9. The molecule has 0 bridgehead atoms. The van der Waals surface area contributed by atoms with Crippen molar-refractivity contribution in [2.75, 3.05) is 20.2 Å². The molecule has 3 rings (SSSR count). The lowest BCUT2D eigenvalue weighted by Crippen LogP contribution is -2.40. The van der Waals surface area contributed by atoms with Gasteiger partial charge in [-0.15, -0.1) is 0 Å². The fraction of sp³-hybridized carbons (Fsp3) is 0.444. The van der Waals surface area contributed by atoms with E-state index in [2.05, 4.69) is 12.2 Å². The SMILES string of the molecule is CC.CCC1CCN(C(=O)CC(NC(=O)c2ccc(C(=N)N)cc2)c2ccccc2)CC1.CO. The predicted octanol–water partition coefficient (Wildman–Crippen LogP) is 4.12. The second kappa shape index (κ2) is 15.6. The Labute approximate surface area is 203 Å². The minimum absolute atomic E-state index is 0.0402. The van der Waals surface area contributed by atoms with Crippen LogP contribution in [0.15, 0.2) is 54.6 Å². The molecule has 1 atom stereocenters. The molecule has 1 fully saturated rings. The van der Waals surface area contributed by atoms with E-state index in [1.165, 1.54) is 0 Å². The van der Waals surface area contributed by atoms with Crippen molar-refractivity contribution in [3.8, 4) is 0 Å². The molecule has 2 aromatic carbocycles. The molecule has 34 heavy (non-hydrogen) atoms. The molecule has 0 aromatic heterocycles. The topological polar surface area (TPSA) is 120 Å². The third-order valence-corrected chi connectivity index (χ3v) is 5.89. The molecule has 0 radical (unpaired) electrons. The Kier molecular flexibility index (Phi) is 13.2. The fourth-order valence-electron chi connectivity index (χ4n) is 3.87. The minimum Gasteiger partial charge on any atom is -0.400 e. The van der Waals surface area contributed by atoms with Gasteiger partial charge < -0.3 is 21.1 Å². The van der Waals surface area contributed by atoms with E-state index in [0.717, 1.165) is 45.0 Å². The molecule has 7 nitrogen and oxygen atoms in total. The number of piperidine rings is 1. The highest BCUT2D eigenvalue weighted by atomic mass is 16.2. The monoisotopic (exact) mass is 468 g/mol. The van der Waals surface area contributed by atoms with Gasteiger partial charge in [0.1, 0.15) is 5.84 Å². The van der Waals surface area contributed by atoms with E-state index in [9.17, 15) is 9.59 Å². The third-order valence-electron chi connectivity index (χ3n) is 5.89. The van der Waals surface area contributed by atoms with Crippen LogP contribution in [0, 0.1) is 11.3 Å². The molecular formula is C27H40N4O3. The number of nitrogen functional groups attached to an aromatic ring is 1. The first-order chi connectivity index (χ1) is 16.5. The number of likely N-dealkylation sites (tertiary alicyclic amines) is 1. The summed E-state index contributed by atoms with van der Waals surface area (Å²) in [7, 11) is 1.00. The summed E-state index contributed by atoms with van der Waals surface area (Å²) in [6.07, 6.45) is 3.49. The summed E-state index contributed by atoms with van der Waals surface area (Å²) in [5.41, 5.74) is 7.42. The maximum absolute atomic E-state index is 13.0. The van der Waals surface area contributed by atoms with Crippen molar-refractivity contribution in [3.63, 3.8) is 0 Å². The van der Waals surface area contributed by atoms with Gasteiger partial charge in [-0.3, -0.25) is 15.0 Å². The van der Waals surface area contributed by atoms with Gasteiger partial charge in [0, 0.05) is 31.3 Å². The Morgan fingerprint density at radius 1 is 1.03 bits per heavy atom. The van der Waals surface area contributed by atoms with Crippen molar-refractivity contribution in [2.24, 2.45) is 11.7 Å². The van der Waals surface area contributed by atoms with E-state index in [1.54, 1.807) is 24.3 Å². The van der Waals surface area contributed by atoms with Crippen molar-refractivity contribution in [1.29, 1.82) is 5.41 Å². The van der Waals surface area contributed by atoms with Crippen LogP contribution < -0.4 is 11.1 Å². The number of aliphatic hydroxyl groups is 1. The molecule has 1 aliphatic rings. The van der Waals surface area contributed by atoms with Crippen molar-refractivity contribution < 1.29 is 14.7 Å². The molecule has 2 amide bonds. The molecule has 186 valence electrons. The molecule has 1 aliphatic heterocycles. The molecule has 1 heterocycles. The fourth-order valence-corrected chi connectivity index (χ4v) is 3.87. The van der Waals surface area contributed by atoms with E-state index < -0.39 is 6.04 Å². The van der Waals surface area contributed by atoms with Gasteiger partial charge in [0.2, 0.25) is 5.91 Å². The maximum atomic E-state index is 13.0. The molecule has 1 saturated heterocycles. The lowest BCUT2D eigenvalue weighted by atomic mass is 9.94. The van der Waals surface area contributed by atoms with Crippen LogP contribution in [0.3, 0.4) is 0 Å². The van der Waals surface area contributed by atoms with Gasteiger partial charge in [-0.05, 0) is 36.5 Å². The number of carbonyl (C=O) groups is 2. The van der Waals surface area contributed by atoms with Crippen LogP contribution in [0.4, 0.5) is 0 Å². The number of nitrogens with two attached hydrogens (primary N) is 1. The summed E-state index contributed by atoms with van der Waals surface area (Å²) >= 11 is 0. The number of aliphatic hydroxyl groups excluding tert-OH is 1. The number of nitrogens with zero attached hydrogens (tertiary/aromatic N) is 1. The molecular weight excluding hydrogens is 428 g/mol. The van der Waals surface area contributed by atoms with Gasteiger partial charge in [0.15, 0.2) is 0 Å². The second-order valence-corrected chi connectivity index (χ2v) is 7.86. The van der Waals surface area contributed by atoms with E-state index in [0.29, 0.717) is 17.0 Å². The molecule has 1 unspecified atom stereocenters. The van der Waals surface area contributed by atoms with Gasteiger partial charge in [-0.1, -0.05) is 69.7 Å². The average Bonchev–Trinajstić information content (AvgIpc) is 2.91. The van der Waals surface area contributed by atoms with Crippen LogP contribution in [0.5, 0.6) is 0 Å². The Morgan fingerprint density at radius 3 is 2.06 bits per heavy atom. The molecule has 0 saturated carbocycles. The Hall–Kier alpha value is -3.19. The van der Waals surface area contributed by atoms with Gasteiger partial charge in [-0.2, -0.15) is 0 Å². The number of amides is 2. The maximum Gasteiger partial charge on any atom is 0.251 e. The molecule has 2 aromatic rings. The smallest absolute Gasteiger partial charge is 0.251 e. The number of amidine groups is 1. The molecule has 7 heteroatoms. The van der Waals surface area contributed by atoms with Gasteiger partial charge in [0.25, 0.3) is 5.91 Å². The largest absolute Gasteiger partial charge is 0.400 e. The van der Waals surface area contributed by atoms with Crippen molar-refractivity contribution in [3.05, 3.63) is 71.3 Å². The van der Waals surface area contributed by atoms with Gasteiger partial charge in [0.05, 0.1) is 12.5 Å². The van der Waals surface area contributed by atoms with Gasteiger partial charge >= 0.3 is 0 Å². The van der Waals surface area contributed by atoms with Crippen LogP contribution in [0.2, 0.25) is 0 Å². The summed E-state index contributed by atoms with van der Waals surface area (Å²) in [5, 5.41) is 17.5. The standard InChI is InChI=1S/C24H30N4O2.C2H6.CH4O/c1-2-17-12-14-28(15-13-17)22(29)16-21(18-6-4-3-5-7-18)27-24(30)20-10-8-19(9-11-20)23(25)26;2*1-2/h3-11,17,21H,2,12-16H2,1H3,(H3,25,26)(H,27,30);1-2H3;2H,1H3. The van der Waals surface area contributed by atoms with E-state index in [4.69, 9.17) is 16.2 Å². The molecule has 0 aliphatic carbocycles. The van der Waals surface area contributed by atoms with Crippen LogP contribution in [0.1, 0.15) is 74.0 Å². The highest BCUT2D eigenvalue weighted by Crippen LogP contribution is 2.23. The highest BCUT2D eigenvalue weighted by Gasteiger charge is 2.25. The summed E-state index contributed by atoms with van der Waals surface area (Å²) in [6, 6.07) is 15.8. The number of benzene rings is 2. The number of rotatable bonds is 7. The summed E-state index contributed by atoms with van der Waals surface area (Å²) in [6.45, 7) is 7.78. The number of carbonyl (C=O) groups excluding carboxylic acids is 2. The second-order valence-electron chi connectivity index (χ2n) is 7.86. The quantitative estimate of drug-likeness (QED) is 0.361. The molecule has 0 spiro atoms. The van der Waals surface area contributed by atoms with Crippen LogP contribution in [-0.2, 0) is 4.79 Å². The lowest BCUT2D eigenvalue weighted by Gasteiger charge is -2.32. The van der Waals surface area contributed by atoms with Crippen LogP contribution in [0.25, 0.3) is 0 Å². The average molecular weight is 469 g/mol. The highest BCUT2D eigenvalue weighted by molar-refractivity contribution is 5.98. The van der Waals surface area contributed by atoms with Gasteiger partial charge in [-0.25, -0.2) is 0 Å². The Bertz CT molecular complexity index is 877. The Balaban J connectivity index is 0.00000137. The summed E-state index contributed by atoms with van der Waals surface area (Å²) < 4.78 is 0. The zero-order chi connectivity index (χ0) is 25.5. The zero-order valence-corrected chi connectivity index (χ0v) is 20.9. The van der Waals surface area contributed by atoms with Crippen molar-refractivity contribution in [2.45, 2.75) is 52.5 Å². The van der Waals surface area contributed by atoms with E-state index >= 15 is 0 Å². The molecule has 5 N–H and O–H groups in total. The first-order valence-electron chi connectivity index (χ1n) is 12.0. The number of nitrogens with one attached hydrogen (secondary N) is 2. The van der Waals surface area contributed by atoms with Crippen LogP contribution in [-0.4, -0.2) is 47.9 Å². The summed E-state index contributed by atoms with van der Waals surface area (Å²) in [5.74, 6) is 0.486. The lowest BCUT2D eigenvalue weighted by molar-refractivity contribution is -0.133. The van der Waals surface area contributed by atoms with E-state index in [1.807, 2.05) is 49.1 Å². The number of hydrogen-bond donors (Lipinski definition) is 4.